The molecular formula is C14H17NO3. The zero-order chi connectivity index (χ0) is 13.4. The fourth-order valence-electron chi connectivity index (χ4n) is 2.36. The molecule has 1 aliphatic rings. The van der Waals surface area contributed by atoms with Crippen LogP contribution in [0.15, 0.2) is 6.07 Å². The molecule has 96 valence electrons. The number of aliphatic carboxylic acids is 1. The lowest BCUT2D eigenvalue weighted by Gasteiger charge is -2.16. The van der Waals surface area contributed by atoms with Crippen molar-refractivity contribution in [2.75, 3.05) is 5.32 Å². The second-order valence-corrected chi connectivity index (χ2v) is 5.00. The highest BCUT2D eigenvalue weighted by Crippen LogP contribution is 2.33. The quantitative estimate of drug-likeness (QED) is 0.859. The van der Waals surface area contributed by atoms with Gasteiger partial charge in [-0.25, -0.2) is 0 Å². The van der Waals surface area contributed by atoms with Gasteiger partial charge in [0.05, 0.1) is 12.3 Å². The minimum absolute atomic E-state index is 0.0146. The fourth-order valence-corrected chi connectivity index (χ4v) is 2.36. The highest BCUT2D eigenvalue weighted by Gasteiger charge is 2.25. The van der Waals surface area contributed by atoms with Crippen LogP contribution in [0.25, 0.3) is 0 Å². The molecule has 1 aromatic carbocycles. The van der Waals surface area contributed by atoms with Crippen molar-refractivity contribution in [2.45, 2.75) is 33.6 Å². The lowest BCUT2D eigenvalue weighted by atomic mass is 9.91. The molecule has 0 aliphatic carbocycles. The minimum atomic E-state index is -0.811. The van der Waals surface area contributed by atoms with Gasteiger partial charge in [-0.2, -0.15) is 0 Å². The number of benzene rings is 1. The number of nitrogens with one attached hydrogen (secondary N) is 1. The molecule has 4 heteroatoms. The number of hydrogen-bond donors (Lipinski definition) is 2. The zero-order valence-electron chi connectivity index (χ0n) is 10.8. The number of carboxylic acid groups (broad SMARTS) is 1. The molecule has 0 spiro atoms. The Labute approximate surface area is 106 Å². The van der Waals surface area contributed by atoms with Crippen LogP contribution in [-0.2, 0) is 22.4 Å². The number of hydrogen-bond acceptors (Lipinski definition) is 2. The van der Waals surface area contributed by atoms with E-state index in [2.05, 4.69) is 5.32 Å². The van der Waals surface area contributed by atoms with Gasteiger partial charge in [0.2, 0.25) is 5.91 Å². The Morgan fingerprint density at radius 2 is 2.17 bits per heavy atom. The van der Waals surface area contributed by atoms with Crippen LogP contribution < -0.4 is 5.32 Å². The standard InChI is InChI=1S/C14H17NO3/c1-7-4-10-6-12(16)15-13(10)11(9(7)3)5-8(2)14(17)18/h4,8H,5-6H2,1-3H3,(H,15,16)(H,17,18). The number of fused-ring (bicyclic) bond motifs is 1. The van der Waals surface area contributed by atoms with Crippen molar-refractivity contribution in [2.24, 2.45) is 5.92 Å². The number of rotatable bonds is 3. The average Bonchev–Trinajstić information content (AvgIpc) is 2.64. The maximum atomic E-state index is 11.5. The van der Waals surface area contributed by atoms with E-state index < -0.39 is 11.9 Å². The predicted octanol–water partition coefficient (Wildman–Crippen LogP) is 2.06. The van der Waals surface area contributed by atoms with E-state index in [0.29, 0.717) is 12.8 Å². The van der Waals surface area contributed by atoms with Gasteiger partial charge in [0.1, 0.15) is 0 Å². The third-order valence-electron chi connectivity index (χ3n) is 3.61. The highest BCUT2D eigenvalue weighted by atomic mass is 16.4. The van der Waals surface area contributed by atoms with Gasteiger partial charge in [0.15, 0.2) is 0 Å². The van der Waals surface area contributed by atoms with Gasteiger partial charge in [-0.15, -0.1) is 0 Å². The van der Waals surface area contributed by atoms with E-state index in [-0.39, 0.29) is 5.91 Å². The summed E-state index contributed by atoms with van der Waals surface area (Å²) in [4.78, 5) is 22.4. The van der Waals surface area contributed by atoms with Crippen LogP contribution in [0, 0.1) is 19.8 Å². The molecule has 0 radical (unpaired) electrons. The molecule has 0 aromatic heterocycles. The zero-order valence-corrected chi connectivity index (χ0v) is 10.8. The van der Waals surface area contributed by atoms with Crippen molar-refractivity contribution < 1.29 is 14.7 Å². The molecule has 0 saturated heterocycles. The van der Waals surface area contributed by atoms with E-state index >= 15 is 0 Å². The van der Waals surface area contributed by atoms with Crippen molar-refractivity contribution in [3.63, 3.8) is 0 Å². The third kappa shape index (κ3) is 2.10. The molecular weight excluding hydrogens is 230 g/mol. The van der Waals surface area contributed by atoms with E-state index in [4.69, 9.17) is 5.11 Å². The van der Waals surface area contributed by atoms with E-state index in [1.165, 1.54) is 0 Å². The van der Waals surface area contributed by atoms with E-state index in [1.54, 1.807) is 6.92 Å². The molecule has 1 atom stereocenters. The molecule has 1 heterocycles. The van der Waals surface area contributed by atoms with Crippen LogP contribution in [0.3, 0.4) is 0 Å². The van der Waals surface area contributed by atoms with Gasteiger partial charge in [0, 0.05) is 5.69 Å². The van der Waals surface area contributed by atoms with Crippen molar-refractivity contribution in [3.05, 3.63) is 28.3 Å². The van der Waals surface area contributed by atoms with Crippen molar-refractivity contribution in [1.82, 2.24) is 0 Å². The molecule has 1 aliphatic heterocycles. The first kappa shape index (κ1) is 12.6. The summed E-state index contributed by atoms with van der Waals surface area (Å²) in [5.41, 5.74) is 4.96. The molecule has 0 saturated carbocycles. The Hall–Kier alpha value is -1.84. The molecule has 1 unspecified atom stereocenters. The fraction of sp³-hybridized carbons (Fsp3) is 0.429. The lowest BCUT2D eigenvalue weighted by molar-refractivity contribution is -0.141. The number of aryl methyl sites for hydroxylation is 1. The molecule has 2 N–H and O–H groups in total. The van der Waals surface area contributed by atoms with E-state index in [0.717, 1.165) is 27.9 Å². The first-order valence-electron chi connectivity index (χ1n) is 6.04. The lowest BCUT2D eigenvalue weighted by Crippen LogP contribution is -2.15. The number of anilines is 1. The van der Waals surface area contributed by atoms with Gasteiger partial charge in [-0.3, -0.25) is 9.59 Å². The molecule has 2 rings (SSSR count). The molecule has 0 fully saturated rings. The first-order valence-corrected chi connectivity index (χ1v) is 6.04. The van der Waals surface area contributed by atoms with Crippen molar-refractivity contribution in [1.29, 1.82) is 0 Å². The van der Waals surface area contributed by atoms with Gasteiger partial charge in [-0.1, -0.05) is 13.0 Å². The summed E-state index contributed by atoms with van der Waals surface area (Å²) in [6.07, 6.45) is 0.844. The summed E-state index contributed by atoms with van der Waals surface area (Å²) in [5.74, 6) is -1.28. The molecule has 0 bridgehead atoms. The first-order chi connectivity index (χ1) is 8.40. The number of amides is 1. The second-order valence-electron chi connectivity index (χ2n) is 5.00. The minimum Gasteiger partial charge on any atom is -0.481 e. The van der Waals surface area contributed by atoms with Gasteiger partial charge in [0.25, 0.3) is 0 Å². The topological polar surface area (TPSA) is 66.4 Å². The summed E-state index contributed by atoms with van der Waals surface area (Å²) in [7, 11) is 0. The van der Waals surface area contributed by atoms with Crippen LogP contribution in [-0.4, -0.2) is 17.0 Å². The van der Waals surface area contributed by atoms with E-state index in [9.17, 15) is 9.59 Å². The van der Waals surface area contributed by atoms with Gasteiger partial charge < -0.3 is 10.4 Å². The Balaban J connectivity index is 2.46. The Morgan fingerprint density at radius 1 is 1.50 bits per heavy atom. The smallest absolute Gasteiger partial charge is 0.306 e. The molecule has 4 nitrogen and oxygen atoms in total. The number of carbonyl (C=O) groups is 2. The van der Waals surface area contributed by atoms with Gasteiger partial charge >= 0.3 is 5.97 Å². The highest BCUT2D eigenvalue weighted by molar-refractivity contribution is 6.00. The summed E-state index contributed by atoms with van der Waals surface area (Å²) in [6.45, 7) is 5.66. The Morgan fingerprint density at radius 3 is 2.78 bits per heavy atom. The van der Waals surface area contributed by atoms with Crippen LogP contribution in [0.5, 0.6) is 0 Å². The Bertz CT molecular complexity index is 534. The number of carbonyl (C=O) groups excluding carboxylic acids is 1. The van der Waals surface area contributed by atoms with Crippen LogP contribution in [0.2, 0.25) is 0 Å². The van der Waals surface area contributed by atoms with Crippen LogP contribution >= 0.6 is 0 Å². The average molecular weight is 247 g/mol. The van der Waals surface area contributed by atoms with Crippen LogP contribution in [0.4, 0.5) is 5.69 Å². The third-order valence-corrected chi connectivity index (χ3v) is 3.61. The summed E-state index contributed by atoms with van der Waals surface area (Å²) in [6, 6.07) is 2.01. The molecule has 18 heavy (non-hydrogen) atoms. The van der Waals surface area contributed by atoms with Crippen molar-refractivity contribution >= 4 is 17.6 Å². The molecule has 1 aromatic rings. The van der Waals surface area contributed by atoms with Crippen LogP contribution in [0.1, 0.15) is 29.2 Å². The SMILES string of the molecule is Cc1cc2c(c(CC(C)C(=O)O)c1C)NC(=O)C2. The Kier molecular flexibility index (Phi) is 3.11. The normalized spacial score (nSPS) is 15.2. The number of carboxylic acids is 1. The summed E-state index contributed by atoms with van der Waals surface area (Å²) in [5, 5.41) is 11.9. The van der Waals surface area contributed by atoms with Crippen molar-refractivity contribution in [3.8, 4) is 0 Å². The maximum absolute atomic E-state index is 11.5. The van der Waals surface area contributed by atoms with E-state index in [1.807, 2.05) is 19.9 Å². The predicted molar refractivity (Wildman–Crippen MR) is 68.8 cm³/mol. The molecule has 1 amide bonds. The second kappa shape index (κ2) is 4.44. The van der Waals surface area contributed by atoms with Gasteiger partial charge in [-0.05, 0) is 42.5 Å². The maximum Gasteiger partial charge on any atom is 0.306 e. The largest absolute Gasteiger partial charge is 0.481 e. The summed E-state index contributed by atoms with van der Waals surface area (Å²) >= 11 is 0. The summed E-state index contributed by atoms with van der Waals surface area (Å²) < 4.78 is 0. The monoisotopic (exact) mass is 247 g/mol.